The molecule has 1 aromatic carbocycles. The Kier molecular flexibility index (Phi) is 3.08. The molecule has 0 radical (unpaired) electrons. The Morgan fingerprint density at radius 1 is 1.45 bits per heavy atom. The molecule has 20 heavy (non-hydrogen) atoms. The summed E-state index contributed by atoms with van der Waals surface area (Å²) in [5.41, 5.74) is 2.50. The number of fused-ring (bicyclic) bond motifs is 1. The van der Waals surface area contributed by atoms with Crippen LogP contribution in [0.5, 0.6) is 0 Å². The summed E-state index contributed by atoms with van der Waals surface area (Å²) in [4.78, 5) is 3.15. The standard InChI is InChI=1S/C13H12N6S/c1-18-8-15-17-12(18)4-5-19-11-6-9(7-14)2-3-10(11)16-13(19)20/h2-3,6,8H,4-5H2,1H3,(H,16,20). The molecular weight excluding hydrogens is 272 g/mol. The van der Waals surface area contributed by atoms with Crippen LogP contribution in [-0.4, -0.2) is 24.3 Å². The lowest BCUT2D eigenvalue weighted by molar-refractivity contribution is 0.656. The molecule has 0 aliphatic heterocycles. The number of imidazole rings is 1. The maximum atomic E-state index is 8.99. The normalized spacial score (nSPS) is 10.8. The van der Waals surface area contributed by atoms with Gasteiger partial charge in [-0.15, -0.1) is 10.2 Å². The van der Waals surface area contributed by atoms with E-state index in [4.69, 9.17) is 17.5 Å². The summed E-state index contributed by atoms with van der Waals surface area (Å²) in [5, 5.41) is 16.9. The Morgan fingerprint density at radius 3 is 3.00 bits per heavy atom. The Balaban J connectivity index is 1.98. The second-order valence-electron chi connectivity index (χ2n) is 4.53. The van der Waals surface area contributed by atoms with Crippen molar-refractivity contribution in [1.29, 1.82) is 5.26 Å². The fourth-order valence-corrected chi connectivity index (χ4v) is 2.49. The van der Waals surface area contributed by atoms with E-state index >= 15 is 0 Å². The molecule has 1 N–H and O–H groups in total. The van der Waals surface area contributed by atoms with Gasteiger partial charge in [0.25, 0.3) is 0 Å². The zero-order valence-electron chi connectivity index (χ0n) is 10.9. The van der Waals surface area contributed by atoms with Crippen LogP contribution in [0.1, 0.15) is 11.4 Å². The average Bonchev–Trinajstić information content (AvgIpc) is 2.99. The van der Waals surface area contributed by atoms with E-state index in [-0.39, 0.29) is 0 Å². The van der Waals surface area contributed by atoms with Crippen LogP contribution in [0, 0.1) is 16.1 Å². The molecule has 0 unspecified atom stereocenters. The van der Waals surface area contributed by atoms with Crippen molar-refractivity contribution in [3.05, 3.63) is 40.7 Å². The predicted octanol–water partition coefficient (Wildman–Crippen LogP) is 1.94. The molecular formula is C13H12N6S. The summed E-state index contributed by atoms with van der Waals surface area (Å²) >= 11 is 5.34. The molecule has 3 aromatic rings. The number of H-pyrrole nitrogens is 1. The number of aryl methyl sites for hydroxylation is 3. The number of rotatable bonds is 3. The SMILES string of the molecule is Cn1cnnc1CCn1c(=S)[nH]c2ccc(C#N)cc21. The third kappa shape index (κ3) is 2.10. The minimum absolute atomic E-state index is 0.624. The first-order chi connectivity index (χ1) is 9.69. The smallest absolute Gasteiger partial charge is 0.178 e. The van der Waals surface area contributed by atoms with E-state index in [0.717, 1.165) is 23.3 Å². The maximum absolute atomic E-state index is 8.99. The lowest BCUT2D eigenvalue weighted by atomic mass is 10.2. The second-order valence-corrected chi connectivity index (χ2v) is 4.92. The zero-order chi connectivity index (χ0) is 14.1. The van der Waals surface area contributed by atoms with E-state index in [1.807, 2.05) is 28.3 Å². The average molecular weight is 284 g/mol. The molecule has 6 nitrogen and oxygen atoms in total. The highest BCUT2D eigenvalue weighted by Gasteiger charge is 2.07. The second kappa shape index (κ2) is 4.90. The minimum atomic E-state index is 0.624. The first-order valence-electron chi connectivity index (χ1n) is 6.14. The van der Waals surface area contributed by atoms with Crippen LogP contribution in [0.15, 0.2) is 24.5 Å². The maximum Gasteiger partial charge on any atom is 0.178 e. The van der Waals surface area contributed by atoms with Crippen LogP contribution in [0.25, 0.3) is 11.0 Å². The van der Waals surface area contributed by atoms with Crippen molar-refractivity contribution in [1.82, 2.24) is 24.3 Å². The van der Waals surface area contributed by atoms with Gasteiger partial charge in [0.2, 0.25) is 0 Å². The Morgan fingerprint density at radius 2 is 2.30 bits per heavy atom. The molecule has 0 fully saturated rings. The van der Waals surface area contributed by atoms with Gasteiger partial charge in [-0.2, -0.15) is 5.26 Å². The third-order valence-corrected chi connectivity index (χ3v) is 3.59. The lowest BCUT2D eigenvalue weighted by Gasteiger charge is -2.04. The fraction of sp³-hybridized carbons (Fsp3) is 0.231. The summed E-state index contributed by atoms with van der Waals surface area (Å²) in [6, 6.07) is 7.65. The molecule has 0 atom stereocenters. The van der Waals surface area contributed by atoms with E-state index in [1.54, 1.807) is 12.4 Å². The number of hydrogen-bond acceptors (Lipinski definition) is 4. The molecule has 0 spiro atoms. The summed E-state index contributed by atoms with van der Waals surface area (Å²) < 4.78 is 4.52. The summed E-state index contributed by atoms with van der Waals surface area (Å²) in [6.45, 7) is 0.695. The molecule has 0 bridgehead atoms. The van der Waals surface area contributed by atoms with Crippen LogP contribution in [0.3, 0.4) is 0 Å². The molecule has 0 amide bonds. The number of benzene rings is 1. The van der Waals surface area contributed by atoms with Crippen LogP contribution in [-0.2, 0) is 20.0 Å². The van der Waals surface area contributed by atoms with Gasteiger partial charge in [0.15, 0.2) is 4.77 Å². The minimum Gasteiger partial charge on any atom is -0.331 e. The van der Waals surface area contributed by atoms with E-state index < -0.39 is 0 Å². The highest BCUT2D eigenvalue weighted by Crippen LogP contribution is 2.16. The van der Waals surface area contributed by atoms with Crippen molar-refractivity contribution in [2.45, 2.75) is 13.0 Å². The predicted molar refractivity (Wildman–Crippen MR) is 76.5 cm³/mol. The summed E-state index contributed by atoms with van der Waals surface area (Å²) in [7, 11) is 1.91. The Bertz CT molecular complexity index is 863. The molecule has 0 aliphatic carbocycles. The highest BCUT2D eigenvalue weighted by molar-refractivity contribution is 7.71. The monoisotopic (exact) mass is 284 g/mol. The molecule has 7 heteroatoms. The van der Waals surface area contributed by atoms with Crippen molar-refractivity contribution >= 4 is 23.3 Å². The van der Waals surface area contributed by atoms with E-state index in [2.05, 4.69) is 21.3 Å². The molecule has 0 aliphatic rings. The van der Waals surface area contributed by atoms with Gasteiger partial charge in [-0.1, -0.05) is 0 Å². The highest BCUT2D eigenvalue weighted by atomic mass is 32.1. The molecule has 0 saturated carbocycles. The quantitative estimate of drug-likeness (QED) is 0.746. The van der Waals surface area contributed by atoms with Crippen molar-refractivity contribution in [3.63, 3.8) is 0 Å². The Labute approximate surface area is 120 Å². The van der Waals surface area contributed by atoms with Crippen molar-refractivity contribution < 1.29 is 0 Å². The van der Waals surface area contributed by atoms with Crippen LogP contribution >= 0.6 is 12.2 Å². The van der Waals surface area contributed by atoms with E-state index in [9.17, 15) is 0 Å². The number of aromatic amines is 1. The first-order valence-corrected chi connectivity index (χ1v) is 6.55. The van der Waals surface area contributed by atoms with Gasteiger partial charge in [-0.25, -0.2) is 0 Å². The number of hydrogen-bond donors (Lipinski definition) is 1. The van der Waals surface area contributed by atoms with E-state index in [0.29, 0.717) is 16.9 Å². The van der Waals surface area contributed by atoms with Gasteiger partial charge in [-0.3, -0.25) is 0 Å². The van der Waals surface area contributed by atoms with Gasteiger partial charge in [0.1, 0.15) is 12.2 Å². The topological polar surface area (TPSA) is 75.2 Å². The van der Waals surface area contributed by atoms with E-state index in [1.165, 1.54) is 0 Å². The van der Waals surface area contributed by atoms with Gasteiger partial charge < -0.3 is 14.1 Å². The van der Waals surface area contributed by atoms with Crippen molar-refractivity contribution in [2.75, 3.05) is 0 Å². The van der Waals surface area contributed by atoms with Crippen molar-refractivity contribution in [2.24, 2.45) is 7.05 Å². The Hall–Kier alpha value is -2.46. The van der Waals surface area contributed by atoms with Gasteiger partial charge >= 0.3 is 0 Å². The fourth-order valence-electron chi connectivity index (χ4n) is 2.19. The molecule has 100 valence electrons. The molecule has 3 rings (SSSR count). The number of nitrogens with zero attached hydrogens (tertiary/aromatic N) is 5. The molecule has 0 saturated heterocycles. The van der Waals surface area contributed by atoms with Crippen LogP contribution in [0.4, 0.5) is 0 Å². The van der Waals surface area contributed by atoms with Crippen LogP contribution in [0.2, 0.25) is 0 Å². The molecule has 2 aromatic heterocycles. The van der Waals surface area contributed by atoms with Gasteiger partial charge in [0, 0.05) is 20.0 Å². The van der Waals surface area contributed by atoms with Crippen LogP contribution < -0.4 is 0 Å². The number of nitrogens with one attached hydrogen (secondary N) is 1. The number of aromatic nitrogens is 5. The largest absolute Gasteiger partial charge is 0.331 e. The lowest BCUT2D eigenvalue weighted by Crippen LogP contribution is -2.05. The molecule has 2 heterocycles. The summed E-state index contributed by atoms with van der Waals surface area (Å²) in [6.07, 6.45) is 2.41. The van der Waals surface area contributed by atoms with Crippen molar-refractivity contribution in [3.8, 4) is 6.07 Å². The first kappa shape index (κ1) is 12.6. The zero-order valence-corrected chi connectivity index (χ0v) is 11.7. The van der Waals surface area contributed by atoms with Gasteiger partial charge in [0.05, 0.1) is 22.7 Å². The third-order valence-electron chi connectivity index (χ3n) is 3.27. The number of nitriles is 1. The van der Waals surface area contributed by atoms with Gasteiger partial charge in [-0.05, 0) is 30.4 Å². The summed E-state index contributed by atoms with van der Waals surface area (Å²) in [5.74, 6) is 0.901.